The summed E-state index contributed by atoms with van der Waals surface area (Å²) in [6.07, 6.45) is 1.64. The summed E-state index contributed by atoms with van der Waals surface area (Å²) in [6, 6.07) is 0. The third-order valence-electron chi connectivity index (χ3n) is 5.42. The highest BCUT2D eigenvalue weighted by Crippen LogP contribution is 2.45. The number of carbonyl (C=O) groups excluding carboxylic acids is 1. The second-order valence-electron chi connectivity index (χ2n) is 8.39. The predicted octanol–water partition coefficient (Wildman–Crippen LogP) is 3.14. The van der Waals surface area contributed by atoms with Gasteiger partial charge in [-0.1, -0.05) is 5.16 Å². The van der Waals surface area contributed by atoms with Crippen LogP contribution >= 0.6 is 35.3 Å². The van der Waals surface area contributed by atoms with Gasteiger partial charge in [-0.2, -0.15) is 0 Å². The fourth-order valence-corrected chi connectivity index (χ4v) is 7.33. The molecule has 1 amide bonds. The quantitative estimate of drug-likeness (QED) is 0.477. The molecule has 0 unspecified atom stereocenters. The molecule has 3 aliphatic rings. The Labute approximate surface area is 199 Å². The van der Waals surface area contributed by atoms with Crippen molar-refractivity contribution in [1.82, 2.24) is 10.3 Å². The highest BCUT2D eigenvalue weighted by atomic mass is 32.2. The molecule has 32 heavy (non-hydrogen) atoms. The number of amides is 1. The van der Waals surface area contributed by atoms with Gasteiger partial charge in [-0.25, -0.2) is 4.98 Å². The molecule has 12 heteroatoms. The van der Waals surface area contributed by atoms with Crippen molar-refractivity contribution in [3.63, 3.8) is 0 Å². The number of nitrogens with zero attached hydrogens (tertiary/aromatic N) is 5. The van der Waals surface area contributed by atoms with E-state index in [1.54, 1.807) is 55.5 Å². The SMILES string of the molecule is CNC(=O)c1nc([C@]2(C)CSC([C@]3(C)CSC([C@]4(C)CSC(/C=N/OC)=N4)=N3)=N2)oc1C. The zero-order valence-electron chi connectivity index (χ0n) is 18.9. The number of hydrogen-bond donors (Lipinski definition) is 1. The number of thioether (sulfide) groups is 3. The summed E-state index contributed by atoms with van der Waals surface area (Å²) < 4.78 is 5.85. The van der Waals surface area contributed by atoms with Crippen LogP contribution in [0.1, 0.15) is 42.9 Å². The summed E-state index contributed by atoms with van der Waals surface area (Å²) in [5, 5.41) is 9.23. The molecule has 0 bridgehead atoms. The molecule has 0 radical (unpaired) electrons. The fraction of sp³-hybridized carbons (Fsp3) is 0.600. The molecule has 1 N–H and O–H groups in total. The van der Waals surface area contributed by atoms with E-state index in [2.05, 4.69) is 29.3 Å². The Balaban J connectivity index is 1.59. The number of rotatable bonds is 6. The van der Waals surface area contributed by atoms with Crippen molar-refractivity contribution in [2.45, 2.75) is 44.3 Å². The van der Waals surface area contributed by atoms with Crippen LogP contribution in [0.2, 0.25) is 0 Å². The van der Waals surface area contributed by atoms with Crippen molar-refractivity contribution >= 4 is 62.5 Å². The number of hydrogen-bond acceptors (Lipinski definition) is 11. The van der Waals surface area contributed by atoms with Gasteiger partial charge in [0.1, 0.15) is 34.5 Å². The van der Waals surface area contributed by atoms with Crippen LogP contribution in [0.4, 0.5) is 0 Å². The summed E-state index contributed by atoms with van der Waals surface area (Å²) in [7, 11) is 3.10. The van der Waals surface area contributed by atoms with Crippen molar-refractivity contribution in [1.29, 1.82) is 0 Å². The first-order valence-corrected chi connectivity index (χ1v) is 13.0. The molecule has 9 nitrogen and oxygen atoms in total. The maximum Gasteiger partial charge on any atom is 0.273 e. The van der Waals surface area contributed by atoms with E-state index in [0.717, 1.165) is 26.6 Å². The zero-order valence-corrected chi connectivity index (χ0v) is 21.3. The molecule has 3 aliphatic heterocycles. The molecule has 0 fully saturated rings. The molecule has 0 aromatic carbocycles. The van der Waals surface area contributed by atoms with Crippen LogP contribution in [0.15, 0.2) is 24.6 Å². The Hall–Kier alpha value is -1.79. The third-order valence-corrected chi connectivity index (χ3v) is 9.64. The Morgan fingerprint density at radius 3 is 2.31 bits per heavy atom. The maximum absolute atomic E-state index is 12.0. The van der Waals surface area contributed by atoms with Gasteiger partial charge in [0.15, 0.2) is 5.69 Å². The first-order chi connectivity index (χ1) is 15.1. The van der Waals surface area contributed by atoms with E-state index < -0.39 is 11.1 Å². The van der Waals surface area contributed by atoms with Crippen LogP contribution in [0.25, 0.3) is 0 Å². The average molecular weight is 495 g/mol. The number of aliphatic imine (C=N–C) groups is 3. The second kappa shape index (κ2) is 8.53. The van der Waals surface area contributed by atoms with E-state index in [0.29, 0.717) is 23.1 Å². The number of aromatic nitrogens is 1. The monoisotopic (exact) mass is 494 g/mol. The summed E-state index contributed by atoms with van der Waals surface area (Å²) in [5.74, 6) is 2.99. The third kappa shape index (κ3) is 4.12. The Kier molecular flexibility index (Phi) is 6.23. The van der Waals surface area contributed by atoms with E-state index in [9.17, 15) is 4.79 Å². The molecule has 1 aromatic heterocycles. The topological polar surface area (TPSA) is 114 Å². The van der Waals surface area contributed by atoms with Crippen molar-refractivity contribution in [3.8, 4) is 0 Å². The standard InChI is InChI=1S/C20H26N6O3S3/c1-11-13(14(27)21-5)23-15(29-11)18(2)8-31-17(25-18)20(4)10-32-16(26-20)19(3)9-30-12(24-19)7-22-28-6/h7H,8-10H2,1-6H3,(H,21,27)/b22-7+/t18-,19-,20-/m0/s1. The van der Waals surface area contributed by atoms with Gasteiger partial charge in [-0.15, -0.1) is 35.3 Å². The van der Waals surface area contributed by atoms with Crippen LogP contribution in [0.5, 0.6) is 0 Å². The largest absolute Gasteiger partial charge is 0.442 e. The smallest absolute Gasteiger partial charge is 0.273 e. The minimum Gasteiger partial charge on any atom is -0.442 e. The first kappa shape index (κ1) is 23.4. The highest BCUT2D eigenvalue weighted by Gasteiger charge is 2.48. The maximum atomic E-state index is 12.0. The van der Waals surface area contributed by atoms with Crippen LogP contribution < -0.4 is 5.32 Å². The predicted molar refractivity (Wildman–Crippen MR) is 134 cm³/mol. The molecule has 0 aliphatic carbocycles. The Morgan fingerprint density at radius 1 is 1.06 bits per heavy atom. The van der Waals surface area contributed by atoms with Gasteiger partial charge < -0.3 is 14.6 Å². The molecular formula is C20H26N6O3S3. The van der Waals surface area contributed by atoms with E-state index in [4.69, 9.17) is 24.2 Å². The number of nitrogens with one attached hydrogen (secondary N) is 1. The van der Waals surface area contributed by atoms with Crippen LogP contribution in [0, 0.1) is 6.92 Å². The zero-order chi connectivity index (χ0) is 23.1. The van der Waals surface area contributed by atoms with Gasteiger partial charge in [0.05, 0.1) is 16.3 Å². The van der Waals surface area contributed by atoms with Crippen molar-refractivity contribution in [2.24, 2.45) is 20.1 Å². The van der Waals surface area contributed by atoms with E-state index >= 15 is 0 Å². The highest BCUT2D eigenvalue weighted by molar-refractivity contribution is 8.17. The van der Waals surface area contributed by atoms with Crippen LogP contribution in [0.3, 0.4) is 0 Å². The first-order valence-electron chi connectivity index (χ1n) is 10.1. The summed E-state index contributed by atoms with van der Waals surface area (Å²) in [6.45, 7) is 7.95. The number of carbonyl (C=O) groups is 1. The molecule has 172 valence electrons. The van der Waals surface area contributed by atoms with Crippen LogP contribution in [-0.2, 0) is 10.4 Å². The van der Waals surface area contributed by atoms with Crippen molar-refractivity contribution in [3.05, 3.63) is 17.3 Å². The summed E-state index contributed by atoms with van der Waals surface area (Å²) >= 11 is 5.06. The summed E-state index contributed by atoms with van der Waals surface area (Å²) in [4.78, 5) is 36.2. The molecule has 4 rings (SSSR count). The minimum absolute atomic E-state index is 0.262. The normalized spacial score (nSPS) is 32.2. The van der Waals surface area contributed by atoms with Crippen molar-refractivity contribution in [2.75, 3.05) is 31.4 Å². The number of aryl methyl sites for hydroxylation is 1. The molecule has 0 saturated carbocycles. The van der Waals surface area contributed by atoms with Gasteiger partial charge in [-0.05, 0) is 27.7 Å². The molecule has 4 heterocycles. The number of oxazole rings is 1. The van der Waals surface area contributed by atoms with Gasteiger partial charge in [0.2, 0.25) is 5.89 Å². The van der Waals surface area contributed by atoms with Crippen LogP contribution in [-0.4, -0.2) is 74.7 Å². The lowest BCUT2D eigenvalue weighted by molar-refractivity contribution is 0.0957. The molecule has 0 saturated heterocycles. The molecule has 3 atom stereocenters. The number of oxime groups is 1. The lowest BCUT2D eigenvalue weighted by atomic mass is 10.0. The lowest BCUT2D eigenvalue weighted by Gasteiger charge is -2.20. The van der Waals surface area contributed by atoms with Gasteiger partial charge >= 0.3 is 0 Å². The Bertz CT molecular complexity index is 1070. The lowest BCUT2D eigenvalue weighted by Crippen LogP contribution is -2.33. The van der Waals surface area contributed by atoms with Gasteiger partial charge in [0, 0.05) is 24.3 Å². The Morgan fingerprint density at radius 2 is 1.66 bits per heavy atom. The molecular weight excluding hydrogens is 468 g/mol. The second-order valence-corrected chi connectivity index (χ2v) is 11.3. The summed E-state index contributed by atoms with van der Waals surface area (Å²) in [5.41, 5.74) is -1.15. The van der Waals surface area contributed by atoms with Crippen molar-refractivity contribution < 1.29 is 14.0 Å². The minimum atomic E-state index is -0.641. The average Bonchev–Trinajstić information content (AvgIpc) is 3.53. The van der Waals surface area contributed by atoms with Gasteiger partial charge in [0.25, 0.3) is 5.91 Å². The molecule has 0 spiro atoms. The van der Waals surface area contributed by atoms with Gasteiger partial charge in [-0.3, -0.25) is 19.8 Å². The van der Waals surface area contributed by atoms with E-state index in [-0.39, 0.29) is 11.4 Å². The molecule has 1 aromatic rings. The fourth-order valence-electron chi connectivity index (χ4n) is 3.52. The van der Waals surface area contributed by atoms with E-state index in [1.165, 1.54) is 7.11 Å². The van der Waals surface area contributed by atoms with E-state index in [1.807, 2.05) is 6.92 Å².